The minimum Gasteiger partial charge on any atom is -0.507 e. The zero-order chi connectivity index (χ0) is 55.1. The molecular formula is C57H81N7O12. The summed E-state index contributed by atoms with van der Waals surface area (Å²) < 4.78 is 24.8. The van der Waals surface area contributed by atoms with Crippen LogP contribution >= 0.6 is 0 Å². The van der Waals surface area contributed by atoms with Gasteiger partial charge in [0.1, 0.15) is 35.1 Å². The molecular weight excluding hydrogens is 975 g/mol. The zero-order valence-corrected chi connectivity index (χ0v) is 46.3. The van der Waals surface area contributed by atoms with Gasteiger partial charge in [-0.05, 0) is 58.8 Å². The van der Waals surface area contributed by atoms with Crippen molar-refractivity contribution in [2.75, 3.05) is 78.4 Å². The smallest absolute Gasteiger partial charge is 0.315 e. The molecule has 7 aliphatic rings. The molecule has 5 N–H and O–H groups in total. The maximum atomic E-state index is 15.0. The van der Waals surface area contributed by atoms with Crippen molar-refractivity contribution in [2.24, 2.45) is 39.6 Å². The highest BCUT2D eigenvalue weighted by Gasteiger charge is 2.50. The van der Waals surface area contributed by atoms with E-state index >= 15 is 0 Å². The van der Waals surface area contributed by atoms with Gasteiger partial charge < -0.3 is 59.4 Å². The topological polar surface area (TPSA) is 236 Å². The number of phenols is 2. The van der Waals surface area contributed by atoms with Crippen molar-refractivity contribution in [3.8, 4) is 17.2 Å². The molecule has 416 valence electrons. The zero-order valence-electron chi connectivity index (χ0n) is 46.3. The van der Waals surface area contributed by atoms with Crippen LogP contribution in [0, 0.1) is 36.5 Å². The number of Topliss-reactive ketones (excluding diaryl/α,β-unsaturated/α-hetero) is 1. The first kappa shape index (κ1) is 56.8. The monoisotopic (exact) mass is 1060 g/mol. The number of aliphatic hydroxyl groups excluding tert-OH is 2. The first-order valence-electron chi connectivity index (χ1n) is 27.3. The quantitative estimate of drug-likeness (QED) is 0.147. The number of carbonyl (C=O) groups excluding carboxylic acids is 4. The number of ketones is 1. The fourth-order valence-electron chi connectivity index (χ4n) is 12.1. The van der Waals surface area contributed by atoms with E-state index in [1.807, 2.05) is 0 Å². The summed E-state index contributed by atoms with van der Waals surface area (Å²) in [5.41, 5.74) is -0.676. The number of phenolic OH excluding ortho intramolecular Hbond substituents is 2. The number of piperazine rings is 1. The number of allylic oxidation sites excluding steroid dienone is 2. The second-order valence-electron chi connectivity index (χ2n) is 23.0. The van der Waals surface area contributed by atoms with Crippen molar-refractivity contribution in [1.29, 1.82) is 0 Å². The number of fused-ring (bicyclic) bond motifs is 13. The predicted octanol–water partition coefficient (Wildman–Crippen LogP) is 4.36. The molecule has 3 fully saturated rings. The van der Waals surface area contributed by atoms with E-state index in [1.54, 1.807) is 64.7 Å². The van der Waals surface area contributed by atoms with Crippen LogP contribution in [0.25, 0.3) is 10.8 Å². The Morgan fingerprint density at radius 1 is 0.868 bits per heavy atom. The van der Waals surface area contributed by atoms with Gasteiger partial charge in [-0.15, -0.1) is 0 Å². The maximum absolute atomic E-state index is 15.0. The van der Waals surface area contributed by atoms with Gasteiger partial charge in [-0.25, -0.2) is 0 Å². The highest BCUT2D eigenvalue weighted by Crippen LogP contribution is 2.50. The van der Waals surface area contributed by atoms with E-state index < -0.39 is 89.4 Å². The van der Waals surface area contributed by atoms with Gasteiger partial charge in [-0.2, -0.15) is 0 Å². The second-order valence-corrected chi connectivity index (χ2v) is 23.0. The molecule has 9 atom stereocenters. The number of hydrogen-bond donors (Lipinski definition) is 5. The number of amides is 2. The van der Waals surface area contributed by atoms with Gasteiger partial charge in [0.25, 0.3) is 11.7 Å². The van der Waals surface area contributed by atoms with Gasteiger partial charge in [-0.3, -0.25) is 34.1 Å². The van der Waals surface area contributed by atoms with Gasteiger partial charge in [0.2, 0.25) is 5.91 Å². The summed E-state index contributed by atoms with van der Waals surface area (Å²) in [5, 5.41) is 51.2. The molecule has 0 aromatic heterocycles. The predicted molar refractivity (Wildman–Crippen MR) is 285 cm³/mol. The third kappa shape index (κ3) is 11.3. The number of nitrogens with one attached hydrogen (secondary N) is 1. The molecule has 7 aliphatic heterocycles. The number of likely N-dealkylation sites (tertiary alicyclic amines) is 2. The number of benzene rings is 2. The summed E-state index contributed by atoms with van der Waals surface area (Å²) in [4.78, 5) is 75.9. The number of anilines is 1. The van der Waals surface area contributed by atoms with Crippen LogP contribution in [0.15, 0.2) is 46.1 Å². The Labute approximate surface area is 446 Å². The second kappa shape index (κ2) is 22.9. The van der Waals surface area contributed by atoms with Crippen LogP contribution in [0.5, 0.6) is 17.2 Å². The molecule has 19 heteroatoms. The molecule has 2 aromatic carbocycles. The van der Waals surface area contributed by atoms with Gasteiger partial charge in [0, 0.05) is 119 Å². The number of carbonyl (C=O) groups is 4. The highest BCUT2D eigenvalue weighted by atomic mass is 16.7. The summed E-state index contributed by atoms with van der Waals surface area (Å²) in [6.45, 7) is 22.6. The molecule has 0 unspecified atom stereocenters. The van der Waals surface area contributed by atoms with Gasteiger partial charge in [-0.1, -0.05) is 59.8 Å². The summed E-state index contributed by atoms with van der Waals surface area (Å²) in [7, 11) is 3.59. The third-order valence-electron chi connectivity index (χ3n) is 17.0. The number of methoxy groups -OCH3 is 1. The first-order chi connectivity index (χ1) is 36.0. The SMILES string of the molecule is CO[C@H]1/C=C/O[C@@]2(C)Oc3c(C)c(O)c4c(O)c(c5c(c4c3C2=O)=NC2(CCN(CC(C)C)CC2)N=5)NC(=O)/C(C)=C\C=C\[C@H](C)[C@H](O)[C@@H](C)[C@@H](O)[C@@H](C)[C@H](OC(=O)CC(=O)N2CCN(C3CCN(C)CC3)CC2)[C@@H]1C. The van der Waals surface area contributed by atoms with Crippen LogP contribution in [0.3, 0.4) is 0 Å². The highest BCUT2D eigenvalue weighted by molar-refractivity contribution is 6.19. The van der Waals surface area contributed by atoms with Crippen molar-refractivity contribution in [2.45, 2.75) is 136 Å². The minimum atomic E-state index is -2.02. The Bertz CT molecular complexity index is 2770. The Balaban J connectivity index is 1.13. The normalized spacial score (nSPS) is 31.8. The Morgan fingerprint density at radius 3 is 2.17 bits per heavy atom. The van der Waals surface area contributed by atoms with Crippen LogP contribution in [0.1, 0.15) is 103 Å². The molecule has 0 radical (unpaired) electrons. The molecule has 2 aromatic rings. The van der Waals surface area contributed by atoms with E-state index in [4.69, 9.17) is 28.9 Å². The molecule has 7 heterocycles. The lowest BCUT2D eigenvalue weighted by atomic mass is 9.78. The van der Waals surface area contributed by atoms with Crippen LogP contribution in [-0.4, -0.2) is 179 Å². The summed E-state index contributed by atoms with van der Waals surface area (Å²) in [6, 6.07) is 0.471. The summed E-state index contributed by atoms with van der Waals surface area (Å²) >= 11 is 0. The van der Waals surface area contributed by atoms with E-state index in [2.05, 4.69) is 40.9 Å². The molecule has 5 bridgehead atoms. The van der Waals surface area contributed by atoms with Crippen LogP contribution in [0.2, 0.25) is 0 Å². The Morgan fingerprint density at radius 2 is 1.53 bits per heavy atom. The molecule has 2 amide bonds. The van der Waals surface area contributed by atoms with Crippen LogP contribution < -0.4 is 20.8 Å². The van der Waals surface area contributed by atoms with Gasteiger partial charge >= 0.3 is 11.8 Å². The molecule has 19 nitrogen and oxygen atoms in total. The number of esters is 1. The molecule has 3 saturated heterocycles. The fraction of sp³-hybridized carbons (Fsp3) is 0.649. The largest absolute Gasteiger partial charge is 0.507 e. The standard InChI is InChI=1S/C57H81N7O12/c1-31(2)30-62-22-18-57(19-23-62)59-45-42-43-50(69)37(8)53-44(42)54(71)56(9,76-53)74-28-17-39(73-11)34(5)52(75-41(66)29-40(65)64-26-24-63(25-27-64)38-15-20-61(10)21-16-38)36(7)49(68)35(6)48(67)32(3)13-12-14-33(4)55(72)58-47(51(43)70)46(45)60-57/h12-14,17,28,31-32,34-36,38-39,48-49,52,67-70H,15-16,18-27,29-30H2,1-11H3,(H,58,72)/b13-12+,28-17+,33-14-/t32-,34+,35+,36+,39-,48-,49+,52+,56-/m0/s1. The Kier molecular flexibility index (Phi) is 17.1. The van der Waals surface area contributed by atoms with E-state index in [0.717, 1.165) is 45.6 Å². The lowest BCUT2D eigenvalue weighted by molar-refractivity contribution is -0.165. The van der Waals surface area contributed by atoms with E-state index in [1.165, 1.54) is 26.4 Å². The number of nitrogens with zero attached hydrogens (tertiary/aromatic N) is 6. The van der Waals surface area contributed by atoms with Crippen molar-refractivity contribution in [3.05, 3.63) is 58.0 Å². The average Bonchev–Trinajstić information content (AvgIpc) is 4.01. The lowest BCUT2D eigenvalue weighted by Crippen LogP contribution is -2.54. The number of aliphatic hydroxyl groups is 2. The number of rotatable bonds is 7. The Hall–Kier alpha value is -5.44. The van der Waals surface area contributed by atoms with E-state index in [9.17, 15) is 39.6 Å². The van der Waals surface area contributed by atoms with E-state index in [0.29, 0.717) is 51.0 Å². The molecule has 1 spiro atoms. The number of hydrogen-bond acceptors (Lipinski definition) is 17. The summed E-state index contributed by atoms with van der Waals surface area (Å²) in [5.74, 6) is -7.62. The van der Waals surface area contributed by atoms with Crippen molar-refractivity contribution >= 4 is 40.0 Å². The number of piperidine rings is 2. The van der Waals surface area contributed by atoms with Crippen molar-refractivity contribution in [3.63, 3.8) is 0 Å². The first-order valence-corrected chi connectivity index (χ1v) is 27.3. The fourth-order valence-corrected chi connectivity index (χ4v) is 12.1. The van der Waals surface area contributed by atoms with Crippen LogP contribution in [-0.2, 0) is 28.6 Å². The van der Waals surface area contributed by atoms with Crippen LogP contribution in [0.4, 0.5) is 5.69 Å². The van der Waals surface area contributed by atoms with E-state index in [-0.39, 0.29) is 61.3 Å². The maximum Gasteiger partial charge on any atom is 0.315 e. The minimum absolute atomic E-state index is 0.0140. The molecule has 0 saturated carbocycles. The molecule has 76 heavy (non-hydrogen) atoms. The van der Waals surface area contributed by atoms with Gasteiger partial charge in [0.15, 0.2) is 11.4 Å². The van der Waals surface area contributed by atoms with Gasteiger partial charge in [0.05, 0.1) is 40.9 Å². The molecule has 9 rings (SSSR count). The van der Waals surface area contributed by atoms with Crippen molar-refractivity contribution < 1.29 is 58.6 Å². The summed E-state index contributed by atoms with van der Waals surface area (Å²) in [6.07, 6.45) is 6.11. The van der Waals surface area contributed by atoms with Crippen molar-refractivity contribution in [1.82, 2.24) is 19.6 Å². The molecule has 0 aliphatic carbocycles. The third-order valence-corrected chi connectivity index (χ3v) is 17.0. The number of ether oxygens (including phenoxy) is 4. The lowest BCUT2D eigenvalue weighted by Gasteiger charge is -2.42. The average molecular weight is 1060 g/mol. The number of aromatic hydroxyl groups is 2.